The molecule has 4 nitrogen and oxygen atoms in total. The van der Waals surface area contributed by atoms with Crippen molar-refractivity contribution in [3.8, 4) is 0 Å². The van der Waals surface area contributed by atoms with Crippen LogP contribution < -0.4 is 11.1 Å². The first-order chi connectivity index (χ1) is 6.35. The van der Waals surface area contributed by atoms with Gasteiger partial charge in [0, 0.05) is 12.6 Å². The summed E-state index contributed by atoms with van der Waals surface area (Å²) >= 11 is 0. The van der Waals surface area contributed by atoms with Crippen LogP contribution in [0, 0.1) is 0 Å². The maximum Gasteiger partial charge on any atom is 0.411 e. The van der Waals surface area contributed by atoms with E-state index in [1.165, 1.54) is 0 Å². The molecule has 0 bridgehead atoms. The molecule has 0 saturated heterocycles. The van der Waals surface area contributed by atoms with E-state index < -0.39 is 25.3 Å². The van der Waals surface area contributed by atoms with E-state index in [-0.39, 0.29) is 12.6 Å². The molecule has 0 spiro atoms. The summed E-state index contributed by atoms with van der Waals surface area (Å²) in [5.41, 5.74) is 5.18. The first-order valence-corrected chi connectivity index (χ1v) is 3.99. The third-order valence-corrected chi connectivity index (χ3v) is 1.26. The molecular weight excluding hydrogens is 201 g/mol. The molecule has 14 heavy (non-hydrogen) atoms. The van der Waals surface area contributed by atoms with Gasteiger partial charge < -0.3 is 15.8 Å². The zero-order chi connectivity index (χ0) is 11.2. The normalized spacial score (nSPS) is 13.8. The Labute approximate surface area is 79.6 Å². The SMILES string of the molecule is C[C@H](CN)NC(=O)COCC(F)(F)F. The van der Waals surface area contributed by atoms with Crippen LogP contribution in [0.1, 0.15) is 6.92 Å². The first-order valence-electron chi connectivity index (χ1n) is 3.99. The van der Waals surface area contributed by atoms with E-state index in [1.54, 1.807) is 6.92 Å². The van der Waals surface area contributed by atoms with Crippen molar-refractivity contribution >= 4 is 5.91 Å². The maximum absolute atomic E-state index is 11.6. The topological polar surface area (TPSA) is 64.3 Å². The number of halogens is 3. The summed E-state index contributed by atoms with van der Waals surface area (Å²) in [6, 6.07) is -0.267. The number of carbonyl (C=O) groups excluding carboxylic acids is 1. The average molecular weight is 214 g/mol. The summed E-state index contributed by atoms with van der Waals surface area (Å²) in [6.45, 7) is -0.159. The van der Waals surface area contributed by atoms with Crippen molar-refractivity contribution in [3.63, 3.8) is 0 Å². The monoisotopic (exact) mass is 214 g/mol. The van der Waals surface area contributed by atoms with Crippen LogP contribution in [-0.4, -0.2) is 37.9 Å². The van der Waals surface area contributed by atoms with Gasteiger partial charge in [0.15, 0.2) is 0 Å². The molecule has 0 heterocycles. The molecule has 84 valence electrons. The molecule has 0 fully saturated rings. The van der Waals surface area contributed by atoms with Crippen molar-refractivity contribution in [1.29, 1.82) is 0 Å². The second-order valence-electron chi connectivity index (χ2n) is 2.81. The standard InChI is InChI=1S/C7H13F3N2O2/c1-5(2-11)12-6(13)3-14-4-7(8,9)10/h5H,2-4,11H2,1H3,(H,12,13)/t5-/m1/s1. The minimum atomic E-state index is -4.40. The average Bonchev–Trinajstić information content (AvgIpc) is 2.01. The Bertz CT molecular complexity index is 184. The summed E-state index contributed by atoms with van der Waals surface area (Å²) in [5, 5.41) is 2.36. The van der Waals surface area contributed by atoms with Crippen molar-refractivity contribution < 1.29 is 22.7 Å². The van der Waals surface area contributed by atoms with E-state index >= 15 is 0 Å². The Kier molecular flexibility index (Phi) is 5.47. The van der Waals surface area contributed by atoms with Crippen LogP contribution in [0.15, 0.2) is 0 Å². The predicted molar refractivity (Wildman–Crippen MR) is 43.5 cm³/mol. The number of carbonyl (C=O) groups is 1. The molecule has 0 aromatic carbocycles. The van der Waals surface area contributed by atoms with Crippen molar-refractivity contribution in [1.82, 2.24) is 5.32 Å². The van der Waals surface area contributed by atoms with E-state index in [0.29, 0.717) is 0 Å². The van der Waals surface area contributed by atoms with Gasteiger partial charge in [-0.1, -0.05) is 0 Å². The lowest BCUT2D eigenvalue weighted by Gasteiger charge is -2.11. The fourth-order valence-electron chi connectivity index (χ4n) is 0.635. The molecule has 7 heteroatoms. The van der Waals surface area contributed by atoms with Crippen molar-refractivity contribution in [3.05, 3.63) is 0 Å². The Morgan fingerprint density at radius 3 is 2.57 bits per heavy atom. The summed E-state index contributed by atoms with van der Waals surface area (Å²) in [7, 11) is 0. The number of hydrogen-bond acceptors (Lipinski definition) is 3. The van der Waals surface area contributed by atoms with Gasteiger partial charge in [0.1, 0.15) is 13.2 Å². The van der Waals surface area contributed by atoms with Gasteiger partial charge in [0.25, 0.3) is 0 Å². The van der Waals surface area contributed by atoms with E-state index in [9.17, 15) is 18.0 Å². The smallest absolute Gasteiger partial charge is 0.362 e. The molecule has 1 atom stereocenters. The zero-order valence-corrected chi connectivity index (χ0v) is 7.73. The third kappa shape index (κ3) is 7.81. The van der Waals surface area contributed by atoms with E-state index in [1.807, 2.05) is 0 Å². The summed E-state index contributed by atoms with van der Waals surface area (Å²) in [5.74, 6) is -0.604. The van der Waals surface area contributed by atoms with Gasteiger partial charge in [-0.25, -0.2) is 0 Å². The van der Waals surface area contributed by atoms with Gasteiger partial charge in [0.05, 0.1) is 0 Å². The number of amides is 1. The maximum atomic E-state index is 11.6. The number of nitrogens with two attached hydrogens (primary N) is 1. The lowest BCUT2D eigenvalue weighted by Crippen LogP contribution is -2.40. The predicted octanol–water partition coefficient (Wildman–Crippen LogP) is 0.0287. The zero-order valence-electron chi connectivity index (χ0n) is 7.73. The van der Waals surface area contributed by atoms with Crippen LogP contribution in [0.3, 0.4) is 0 Å². The van der Waals surface area contributed by atoms with Crippen LogP contribution >= 0.6 is 0 Å². The molecule has 0 aromatic heterocycles. The number of rotatable bonds is 5. The van der Waals surface area contributed by atoms with Crippen molar-refractivity contribution in [2.75, 3.05) is 19.8 Å². The fraction of sp³-hybridized carbons (Fsp3) is 0.857. The molecule has 0 unspecified atom stereocenters. The van der Waals surface area contributed by atoms with Crippen LogP contribution in [0.5, 0.6) is 0 Å². The second kappa shape index (κ2) is 5.82. The number of hydrogen-bond donors (Lipinski definition) is 2. The highest BCUT2D eigenvalue weighted by Gasteiger charge is 2.27. The highest BCUT2D eigenvalue weighted by Crippen LogP contribution is 2.13. The molecule has 0 rings (SSSR count). The van der Waals surface area contributed by atoms with Crippen molar-refractivity contribution in [2.45, 2.75) is 19.1 Å². The van der Waals surface area contributed by atoms with E-state index in [4.69, 9.17) is 5.73 Å². The highest BCUT2D eigenvalue weighted by molar-refractivity contribution is 5.77. The van der Waals surface area contributed by atoms with Gasteiger partial charge in [-0.2, -0.15) is 13.2 Å². The van der Waals surface area contributed by atoms with Gasteiger partial charge >= 0.3 is 6.18 Å². The van der Waals surface area contributed by atoms with E-state index in [2.05, 4.69) is 10.1 Å². The first kappa shape index (κ1) is 13.2. The Morgan fingerprint density at radius 1 is 1.57 bits per heavy atom. The molecule has 0 aromatic rings. The van der Waals surface area contributed by atoms with Crippen LogP contribution in [0.25, 0.3) is 0 Å². The van der Waals surface area contributed by atoms with Crippen LogP contribution in [0.2, 0.25) is 0 Å². The highest BCUT2D eigenvalue weighted by atomic mass is 19.4. The second-order valence-corrected chi connectivity index (χ2v) is 2.81. The third-order valence-electron chi connectivity index (χ3n) is 1.26. The Balaban J connectivity index is 3.55. The molecule has 0 saturated carbocycles. The summed E-state index contributed by atoms with van der Waals surface area (Å²) in [4.78, 5) is 10.8. The quantitative estimate of drug-likeness (QED) is 0.678. The van der Waals surface area contributed by atoms with Crippen LogP contribution in [0.4, 0.5) is 13.2 Å². The molecule has 1 amide bonds. The minimum Gasteiger partial charge on any atom is -0.362 e. The summed E-state index contributed by atoms with van der Waals surface area (Å²) < 4.78 is 38.8. The molecular formula is C7H13F3N2O2. The molecule has 0 aliphatic heterocycles. The lowest BCUT2D eigenvalue weighted by atomic mass is 10.3. The molecule has 0 radical (unpaired) electrons. The van der Waals surface area contributed by atoms with Gasteiger partial charge in [-0.05, 0) is 6.92 Å². The van der Waals surface area contributed by atoms with Crippen LogP contribution in [-0.2, 0) is 9.53 Å². The fourth-order valence-corrected chi connectivity index (χ4v) is 0.635. The summed E-state index contributed by atoms with van der Waals surface area (Å²) in [6.07, 6.45) is -4.40. The molecule has 0 aliphatic rings. The Morgan fingerprint density at radius 2 is 2.14 bits per heavy atom. The number of ether oxygens (including phenoxy) is 1. The van der Waals surface area contributed by atoms with Gasteiger partial charge in [-0.15, -0.1) is 0 Å². The lowest BCUT2D eigenvalue weighted by molar-refractivity contribution is -0.175. The van der Waals surface area contributed by atoms with Gasteiger partial charge in [0.2, 0.25) is 5.91 Å². The largest absolute Gasteiger partial charge is 0.411 e. The van der Waals surface area contributed by atoms with Gasteiger partial charge in [-0.3, -0.25) is 4.79 Å². The Hall–Kier alpha value is -0.820. The van der Waals surface area contributed by atoms with Crippen molar-refractivity contribution in [2.24, 2.45) is 5.73 Å². The number of alkyl halides is 3. The number of nitrogens with one attached hydrogen (secondary N) is 1. The van der Waals surface area contributed by atoms with E-state index in [0.717, 1.165) is 0 Å². The molecule has 0 aliphatic carbocycles. The molecule has 3 N–H and O–H groups in total. The minimum absolute atomic E-state index is 0.227.